The number of hydrogen-bond donors (Lipinski definition) is 0. The predicted octanol–water partition coefficient (Wildman–Crippen LogP) is 2.68. The molecule has 0 aliphatic carbocycles. The summed E-state index contributed by atoms with van der Waals surface area (Å²) in [4.78, 5) is 12.4. The maximum absolute atomic E-state index is 12.4. The number of halogens is 2. The van der Waals surface area contributed by atoms with Crippen molar-refractivity contribution in [3.63, 3.8) is 0 Å². The normalized spacial score (nSPS) is 10.9. The van der Waals surface area contributed by atoms with E-state index in [-0.39, 0.29) is 34.4 Å². The van der Waals surface area contributed by atoms with Gasteiger partial charge >= 0.3 is 18.9 Å². The largest absolute Gasteiger partial charge is 1.00 e. The van der Waals surface area contributed by atoms with Crippen LogP contribution in [0.2, 0.25) is 10.0 Å². The molecular weight excluding hydrogens is 357 g/mol. The van der Waals surface area contributed by atoms with Crippen LogP contribution >= 0.6 is 31.8 Å². The molecule has 0 bridgehead atoms. The van der Waals surface area contributed by atoms with Crippen molar-refractivity contribution < 1.29 is 29.8 Å². The van der Waals surface area contributed by atoms with Crippen molar-refractivity contribution >= 4 is 42.6 Å². The van der Waals surface area contributed by atoms with Gasteiger partial charge in [-0.05, 0) is 50.5 Å². The summed E-state index contributed by atoms with van der Waals surface area (Å²) in [6, 6.07) is 12.7. The molecule has 6 heteroatoms. The molecule has 0 aliphatic heterocycles. The molecule has 2 aromatic carbocycles. The Morgan fingerprint density at radius 1 is 1.12 bits per heavy atom. The standard InChI is InChI=1S/C18H19Cl2O2P.Li.H/c1-12(2)10-11-22-13-6-8-14(9-7-13)23-18(21)17-15(19)4-3-5-16(17)20;;/h3-9,12,23H,10-11H2,1-2H3;;/q;+1;-1. The minimum atomic E-state index is -0.0610. The Labute approximate surface area is 168 Å². The fourth-order valence-corrected chi connectivity index (χ4v) is 3.67. The zero-order chi connectivity index (χ0) is 16.8. The summed E-state index contributed by atoms with van der Waals surface area (Å²) in [6.45, 7) is 5.03. The van der Waals surface area contributed by atoms with E-state index in [1.54, 1.807) is 18.2 Å². The topological polar surface area (TPSA) is 26.3 Å². The molecule has 124 valence electrons. The van der Waals surface area contributed by atoms with Gasteiger partial charge in [-0.25, -0.2) is 0 Å². The van der Waals surface area contributed by atoms with E-state index in [0.717, 1.165) is 17.5 Å². The molecule has 2 aromatic rings. The van der Waals surface area contributed by atoms with E-state index in [1.807, 2.05) is 24.3 Å². The molecule has 2 nitrogen and oxygen atoms in total. The first-order chi connectivity index (χ1) is 11.0. The Morgan fingerprint density at radius 2 is 1.71 bits per heavy atom. The quantitative estimate of drug-likeness (QED) is 0.548. The van der Waals surface area contributed by atoms with Gasteiger partial charge in [-0.2, -0.15) is 0 Å². The van der Waals surface area contributed by atoms with Gasteiger partial charge in [0.25, 0.3) is 0 Å². The predicted molar refractivity (Wildman–Crippen MR) is 101 cm³/mol. The number of rotatable bonds is 7. The van der Waals surface area contributed by atoms with E-state index in [9.17, 15) is 4.79 Å². The van der Waals surface area contributed by atoms with Gasteiger partial charge in [0.1, 0.15) is 5.75 Å². The third-order valence-electron chi connectivity index (χ3n) is 3.27. The number of ether oxygens (including phenoxy) is 1. The minimum Gasteiger partial charge on any atom is -1.00 e. The Bertz CT molecular complexity index is 661. The summed E-state index contributed by atoms with van der Waals surface area (Å²) in [5, 5.41) is 1.72. The fraction of sp³-hybridized carbons (Fsp3) is 0.278. The SMILES string of the molecule is CC(C)CCOc1ccc(PC(=O)c2c(Cl)cccc2Cl)cc1.[H-].[Li+]. The first-order valence-corrected chi connectivity index (χ1v) is 9.21. The molecule has 0 saturated heterocycles. The smallest absolute Gasteiger partial charge is 1.00 e. The van der Waals surface area contributed by atoms with Crippen LogP contribution in [0.4, 0.5) is 0 Å². The van der Waals surface area contributed by atoms with Crippen molar-refractivity contribution in [2.45, 2.75) is 20.3 Å². The van der Waals surface area contributed by atoms with Gasteiger partial charge in [0.15, 0.2) is 5.52 Å². The van der Waals surface area contributed by atoms with Crippen LogP contribution in [0.3, 0.4) is 0 Å². The van der Waals surface area contributed by atoms with Crippen LogP contribution in [-0.4, -0.2) is 12.1 Å². The van der Waals surface area contributed by atoms with E-state index in [4.69, 9.17) is 27.9 Å². The Balaban J connectivity index is 0.00000288. The monoisotopic (exact) mass is 376 g/mol. The maximum atomic E-state index is 12.4. The molecule has 0 aliphatic rings. The van der Waals surface area contributed by atoms with Crippen molar-refractivity contribution in [2.75, 3.05) is 6.61 Å². The van der Waals surface area contributed by atoms with Gasteiger partial charge in [0.05, 0.1) is 22.2 Å². The van der Waals surface area contributed by atoms with Crippen LogP contribution in [0, 0.1) is 5.92 Å². The molecular formula is C18H20Cl2LiO2P. The van der Waals surface area contributed by atoms with Gasteiger partial charge in [-0.1, -0.05) is 55.2 Å². The summed E-state index contributed by atoms with van der Waals surface area (Å²) < 4.78 is 5.68. The van der Waals surface area contributed by atoms with Crippen molar-refractivity contribution in [1.29, 1.82) is 0 Å². The van der Waals surface area contributed by atoms with Crippen LogP contribution in [0.1, 0.15) is 32.1 Å². The van der Waals surface area contributed by atoms with Crippen molar-refractivity contribution in [3.05, 3.63) is 58.1 Å². The zero-order valence-electron chi connectivity index (χ0n) is 15.1. The second-order valence-corrected chi connectivity index (χ2v) is 7.70. The van der Waals surface area contributed by atoms with Crippen molar-refractivity contribution in [2.24, 2.45) is 5.92 Å². The van der Waals surface area contributed by atoms with Crippen LogP contribution in [0.15, 0.2) is 42.5 Å². The molecule has 0 aromatic heterocycles. The minimum absolute atomic E-state index is 0. The van der Waals surface area contributed by atoms with E-state index < -0.39 is 0 Å². The van der Waals surface area contributed by atoms with E-state index in [2.05, 4.69) is 13.8 Å². The van der Waals surface area contributed by atoms with E-state index in [0.29, 0.717) is 28.1 Å². The average molecular weight is 377 g/mol. The summed E-state index contributed by atoms with van der Waals surface area (Å²) in [6.07, 6.45) is 1.02. The second kappa shape index (κ2) is 10.5. The van der Waals surface area contributed by atoms with Crippen LogP contribution in [0.25, 0.3) is 0 Å². The molecule has 0 fully saturated rings. The molecule has 2 rings (SSSR count). The molecule has 1 unspecified atom stereocenters. The third-order valence-corrected chi connectivity index (χ3v) is 4.99. The zero-order valence-corrected chi connectivity index (χ0v) is 16.6. The van der Waals surface area contributed by atoms with Gasteiger partial charge in [-0.3, -0.25) is 4.79 Å². The van der Waals surface area contributed by atoms with Gasteiger partial charge in [0, 0.05) is 0 Å². The van der Waals surface area contributed by atoms with Gasteiger partial charge in [-0.15, -0.1) is 0 Å². The Morgan fingerprint density at radius 3 is 2.25 bits per heavy atom. The number of hydrogen-bond acceptors (Lipinski definition) is 2. The molecule has 0 saturated carbocycles. The summed E-state index contributed by atoms with van der Waals surface area (Å²) >= 11 is 12.2. The van der Waals surface area contributed by atoms with Gasteiger partial charge < -0.3 is 6.16 Å². The van der Waals surface area contributed by atoms with Crippen LogP contribution in [0.5, 0.6) is 5.75 Å². The van der Waals surface area contributed by atoms with Crippen molar-refractivity contribution in [1.82, 2.24) is 0 Å². The van der Waals surface area contributed by atoms with Crippen LogP contribution < -0.4 is 28.9 Å². The average Bonchev–Trinajstić information content (AvgIpc) is 2.48. The molecule has 0 N–H and O–H groups in total. The summed E-state index contributed by atoms with van der Waals surface area (Å²) in [7, 11) is -0.0202. The van der Waals surface area contributed by atoms with E-state index in [1.165, 1.54) is 0 Å². The number of carbonyl (C=O) groups is 1. The molecule has 0 radical (unpaired) electrons. The first kappa shape index (κ1) is 21.6. The molecule has 24 heavy (non-hydrogen) atoms. The number of benzene rings is 2. The molecule has 0 heterocycles. The third kappa shape index (κ3) is 6.44. The second-order valence-electron chi connectivity index (χ2n) is 5.61. The fourth-order valence-electron chi connectivity index (χ4n) is 1.96. The Kier molecular flexibility index (Phi) is 9.43. The molecule has 0 amide bonds. The van der Waals surface area contributed by atoms with E-state index >= 15 is 0 Å². The van der Waals surface area contributed by atoms with Crippen LogP contribution in [-0.2, 0) is 0 Å². The molecule has 1 atom stereocenters. The first-order valence-electron chi connectivity index (χ1n) is 7.45. The van der Waals surface area contributed by atoms with Gasteiger partial charge in [0.2, 0.25) is 0 Å². The maximum Gasteiger partial charge on any atom is 1.00 e. The van der Waals surface area contributed by atoms with Crippen molar-refractivity contribution in [3.8, 4) is 5.75 Å². The summed E-state index contributed by atoms with van der Waals surface area (Å²) in [5.41, 5.74) is 0.334. The Hall–Kier alpha value is -0.483. The molecule has 0 spiro atoms. The summed E-state index contributed by atoms with van der Waals surface area (Å²) in [5.74, 6) is 1.44. The number of carbonyl (C=O) groups excluding carboxylic acids is 1.